The molecule has 6 nitrogen and oxygen atoms in total. The first-order valence-electron chi connectivity index (χ1n) is 9.93. The van der Waals surface area contributed by atoms with Crippen LogP contribution in [0.15, 0.2) is 54.6 Å². The van der Waals surface area contributed by atoms with Gasteiger partial charge in [0, 0.05) is 49.6 Å². The zero-order valence-corrected chi connectivity index (χ0v) is 17.7. The van der Waals surface area contributed by atoms with Crippen molar-refractivity contribution in [3.8, 4) is 0 Å². The van der Waals surface area contributed by atoms with Gasteiger partial charge in [-0.3, -0.25) is 14.5 Å². The van der Waals surface area contributed by atoms with Gasteiger partial charge in [-0.05, 0) is 11.6 Å². The van der Waals surface area contributed by atoms with Gasteiger partial charge in [0.05, 0.1) is 7.11 Å². The molecule has 1 aliphatic heterocycles. The molecule has 0 bridgehead atoms. The Labute approximate surface area is 181 Å². The van der Waals surface area contributed by atoms with Crippen LogP contribution in [0.3, 0.4) is 0 Å². The van der Waals surface area contributed by atoms with E-state index in [1.165, 1.54) is 7.11 Å². The van der Waals surface area contributed by atoms with Crippen LogP contribution >= 0.6 is 11.6 Å². The lowest BCUT2D eigenvalue weighted by Gasteiger charge is -2.38. The summed E-state index contributed by atoms with van der Waals surface area (Å²) in [7, 11) is 1.36. The highest BCUT2D eigenvalue weighted by atomic mass is 35.5. The number of carbonyl (C=O) groups excluding carboxylic acids is 3. The number of hydrogen-bond donors (Lipinski definition) is 0. The quantitative estimate of drug-likeness (QED) is 0.499. The van der Waals surface area contributed by atoms with E-state index in [2.05, 4.69) is 0 Å². The molecule has 0 aliphatic carbocycles. The Morgan fingerprint density at radius 2 is 1.57 bits per heavy atom. The lowest BCUT2D eigenvalue weighted by atomic mass is 10.0. The number of halogens is 1. The van der Waals surface area contributed by atoms with Crippen LogP contribution in [0.4, 0.5) is 0 Å². The molecule has 0 radical (unpaired) electrons. The zero-order chi connectivity index (χ0) is 21.5. The number of esters is 1. The monoisotopic (exact) mass is 428 g/mol. The number of amides is 1. The van der Waals surface area contributed by atoms with Crippen LogP contribution in [0.5, 0.6) is 0 Å². The van der Waals surface area contributed by atoms with E-state index in [4.69, 9.17) is 16.3 Å². The number of nitrogens with zero attached hydrogens (tertiary/aromatic N) is 2. The van der Waals surface area contributed by atoms with Crippen LogP contribution in [0.25, 0.3) is 0 Å². The molecule has 2 aromatic rings. The Morgan fingerprint density at radius 3 is 2.20 bits per heavy atom. The molecule has 0 aromatic heterocycles. The van der Waals surface area contributed by atoms with Crippen LogP contribution in [0, 0.1) is 0 Å². The maximum Gasteiger partial charge on any atom is 0.327 e. The molecular weight excluding hydrogens is 404 g/mol. The number of methoxy groups -OCH3 is 1. The predicted octanol–water partition coefficient (Wildman–Crippen LogP) is 3.36. The first kappa shape index (κ1) is 22.0. The minimum atomic E-state index is -0.611. The fraction of sp³-hybridized carbons (Fsp3) is 0.348. The Balaban J connectivity index is 1.57. The Kier molecular flexibility index (Phi) is 7.60. The van der Waals surface area contributed by atoms with Gasteiger partial charge in [-0.2, -0.15) is 0 Å². The third-order valence-electron chi connectivity index (χ3n) is 5.32. The molecule has 0 N–H and O–H groups in total. The van der Waals surface area contributed by atoms with Crippen LogP contribution < -0.4 is 0 Å². The van der Waals surface area contributed by atoms with Crippen molar-refractivity contribution < 1.29 is 19.1 Å². The molecular formula is C23H25ClN2O4. The van der Waals surface area contributed by atoms with E-state index >= 15 is 0 Å². The van der Waals surface area contributed by atoms with E-state index in [0.717, 1.165) is 0 Å². The minimum absolute atomic E-state index is 0.0351. The highest BCUT2D eigenvalue weighted by Crippen LogP contribution is 2.29. The molecule has 30 heavy (non-hydrogen) atoms. The average Bonchev–Trinajstić information content (AvgIpc) is 2.79. The maximum absolute atomic E-state index is 12.6. The van der Waals surface area contributed by atoms with E-state index in [9.17, 15) is 14.4 Å². The van der Waals surface area contributed by atoms with E-state index in [0.29, 0.717) is 42.3 Å². The van der Waals surface area contributed by atoms with Gasteiger partial charge >= 0.3 is 5.97 Å². The standard InChI is InChI=1S/C23H25ClN2O4/c1-30-23(29)22(18-9-5-6-10-19(18)24)26-15-13-25(14-16-26)21(28)12-11-20(27)17-7-3-2-4-8-17/h2-10,22H,11-16H2,1H3. The van der Waals surface area contributed by atoms with Gasteiger partial charge in [0.2, 0.25) is 5.91 Å². The van der Waals surface area contributed by atoms with Crippen molar-refractivity contribution in [2.24, 2.45) is 0 Å². The van der Waals surface area contributed by atoms with Gasteiger partial charge in [-0.25, -0.2) is 4.79 Å². The van der Waals surface area contributed by atoms with Crippen LogP contribution in [0.2, 0.25) is 5.02 Å². The van der Waals surface area contributed by atoms with Crippen molar-refractivity contribution in [1.29, 1.82) is 0 Å². The fourth-order valence-electron chi connectivity index (χ4n) is 3.66. The normalized spacial score (nSPS) is 15.5. The van der Waals surface area contributed by atoms with Crippen LogP contribution in [0.1, 0.15) is 34.8 Å². The van der Waals surface area contributed by atoms with E-state index in [1.807, 2.05) is 41.3 Å². The molecule has 1 saturated heterocycles. The van der Waals surface area contributed by atoms with Crippen molar-refractivity contribution in [3.63, 3.8) is 0 Å². The third kappa shape index (κ3) is 5.26. The number of ketones is 1. The Morgan fingerprint density at radius 1 is 0.933 bits per heavy atom. The number of benzene rings is 2. The summed E-state index contributed by atoms with van der Waals surface area (Å²) in [4.78, 5) is 41.0. The molecule has 1 heterocycles. The second kappa shape index (κ2) is 10.4. The first-order valence-corrected chi connectivity index (χ1v) is 10.3. The van der Waals surface area contributed by atoms with Crippen LogP contribution in [-0.2, 0) is 14.3 Å². The average molecular weight is 429 g/mol. The van der Waals surface area contributed by atoms with Crippen molar-refractivity contribution >= 4 is 29.3 Å². The summed E-state index contributed by atoms with van der Waals surface area (Å²) < 4.78 is 5.00. The lowest BCUT2D eigenvalue weighted by molar-refractivity contribution is -0.148. The second-order valence-electron chi connectivity index (χ2n) is 7.15. The van der Waals surface area contributed by atoms with Gasteiger partial charge in [-0.15, -0.1) is 0 Å². The number of carbonyl (C=O) groups is 3. The summed E-state index contributed by atoms with van der Waals surface area (Å²) in [5.74, 6) is -0.463. The lowest BCUT2D eigenvalue weighted by Crippen LogP contribution is -2.51. The smallest absolute Gasteiger partial charge is 0.327 e. The predicted molar refractivity (Wildman–Crippen MR) is 114 cm³/mol. The molecule has 1 amide bonds. The summed E-state index contributed by atoms with van der Waals surface area (Å²) in [5.41, 5.74) is 1.31. The number of Topliss-reactive ketones (excluding diaryl/α,β-unsaturated/α-hetero) is 1. The summed E-state index contributed by atoms with van der Waals surface area (Å²) in [6, 6.07) is 15.6. The molecule has 158 valence electrons. The molecule has 3 rings (SSSR count). The molecule has 7 heteroatoms. The number of piperazine rings is 1. The van der Waals surface area contributed by atoms with Gasteiger partial charge < -0.3 is 9.64 Å². The van der Waals surface area contributed by atoms with E-state index < -0.39 is 6.04 Å². The number of rotatable bonds is 7. The molecule has 1 fully saturated rings. The van der Waals surface area contributed by atoms with Gasteiger partial charge in [0.15, 0.2) is 5.78 Å². The molecule has 0 saturated carbocycles. The summed E-state index contributed by atoms with van der Waals surface area (Å²) in [6.45, 7) is 2.00. The van der Waals surface area contributed by atoms with Crippen molar-refractivity contribution in [3.05, 3.63) is 70.7 Å². The van der Waals surface area contributed by atoms with Gasteiger partial charge in [0.25, 0.3) is 0 Å². The summed E-state index contributed by atoms with van der Waals surface area (Å²) >= 11 is 6.31. The molecule has 1 atom stereocenters. The van der Waals surface area contributed by atoms with Crippen LogP contribution in [-0.4, -0.2) is 60.7 Å². The molecule has 0 spiro atoms. The van der Waals surface area contributed by atoms with Crippen molar-refractivity contribution in [1.82, 2.24) is 9.80 Å². The third-order valence-corrected chi connectivity index (χ3v) is 5.66. The second-order valence-corrected chi connectivity index (χ2v) is 7.56. The maximum atomic E-state index is 12.6. The van der Waals surface area contributed by atoms with E-state index in [1.54, 1.807) is 23.1 Å². The Hall–Kier alpha value is -2.70. The zero-order valence-electron chi connectivity index (χ0n) is 16.9. The minimum Gasteiger partial charge on any atom is -0.468 e. The van der Waals surface area contributed by atoms with E-state index in [-0.39, 0.29) is 30.5 Å². The summed E-state index contributed by atoms with van der Waals surface area (Å²) in [5, 5.41) is 0.505. The largest absolute Gasteiger partial charge is 0.468 e. The van der Waals surface area contributed by atoms with Crippen molar-refractivity contribution in [2.75, 3.05) is 33.3 Å². The Bertz CT molecular complexity index is 895. The number of ether oxygens (including phenoxy) is 1. The summed E-state index contributed by atoms with van der Waals surface area (Å²) in [6.07, 6.45) is 0.367. The topological polar surface area (TPSA) is 66.9 Å². The SMILES string of the molecule is COC(=O)C(c1ccccc1Cl)N1CCN(C(=O)CCC(=O)c2ccccc2)CC1. The van der Waals surface area contributed by atoms with Crippen molar-refractivity contribution in [2.45, 2.75) is 18.9 Å². The molecule has 1 unspecified atom stereocenters. The molecule has 1 aliphatic rings. The molecule has 2 aromatic carbocycles. The number of hydrogen-bond acceptors (Lipinski definition) is 5. The fourth-order valence-corrected chi connectivity index (χ4v) is 3.90. The van der Waals surface area contributed by atoms with Gasteiger partial charge in [-0.1, -0.05) is 60.1 Å². The highest BCUT2D eigenvalue weighted by molar-refractivity contribution is 6.31. The highest BCUT2D eigenvalue weighted by Gasteiger charge is 2.33. The first-order chi connectivity index (χ1) is 14.5. The van der Waals surface area contributed by atoms with Gasteiger partial charge in [0.1, 0.15) is 6.04 Å².